The summed E-state index contributed by atoms with van der Waals surface area (Å²) in [6, 6.07) is 4.66. The van der Waals surface area contributed by atoms with Crippen LogP contribution in [-0.4, -0.2) is 11.1 Å². The average molecular weight is 272 g/mol. The molecule has 0 bridgehead atoms. The van der Waals surface area contributed by atoms with Crippen LogP contribution in [-0.2, 0) is 17.1 Å². The molecule has 0 saturated carbocycles. The molecule has 0 saturated heterocycles. The predicted octanol–water partition coefficient (Wildman–Crippen LogP) is 1.73. The first kappa shape index (κ1) is 11.5. The number of carbonyl (C=O) groups is 1. The standard InChI is InChI=1S/C7H6BrNO2.Fe/c8-4-1-2-5(7(10)11)6(9)3-4;/h1-3H,9H2,(H,10,11);. The van der Waals surface area contributed by atoms with Crippen LogP contribution in [0.4, 0.5) is 5.69 Å². The molecule has 0 spiro atoms. The van der Waals surface area contributed by atoms with Crippen LogP contribution in [0.2, 0.25) is 0 Å². The number of carboxylic acids is 1. The Bertz CT molecular complexity index is 303. The van der Waals surface area contributed by atoms with Crippen molar-refractivity contribution in [3.05, 3.63) is 28.2 Å². The monoisotopic (exact) mass is 271 g/mol. The number of carboxylic acid groups (broad SMARTS) is 1. The van der Waals surface area contributed by atoms with Gasteiger partial charge in [0.2, 0.25) is 0 Å². The van der Waals surface area contributed by atoms with E-state index in [2.05, 4.69) is 15.9 Å². The molecule has 0 aliphatic rings. The van der Waals surface area contributed by atoms with Gasteiger partial charge >= 0.3 is 5.97 Å². The molecule has 0 unspecified atom stereocenters. The van der Waals surface area contributed by atoms with E-state index >= 15 is 0 Å². The van der Waals surface area contributed by atoms with Gasteiger partial charge in [0.25, 0.3) is 0 Å². The first-order valence-electron chi connectivity index (χ1n) is 2.89. The van der Waals surface area contributed by atoms with Crippen molar-refractivity contribution < 1.29 is 27.0 Å². The number of hydrogen-bond donors (Lipinski definition) is 2. The second kappa shape index (κ2) is 4.50. The van der Waals surface area contributed by atoms with E-state index in [4.69, 9.17) is 10.8 Å². The van der Waals surface area contributed by atoms with E-state index in [1.807, 2.05) is 0 Å². The summed E-state index contributed by atoms with van der Waals surface area (Å²) in [6.45, 7) is 0. The third-order valence-electron chi connectivity index (χ3n) is 1.24. The number of hydrogen-bond acceptors (Lipinski definition) is 2. The number of nitrogens with two attached hydrogens (primary N) is 1. The summed E-state index contributed by atoms with van der Waals surface area (Å²) in [5.74, 6) is -1.00. The van der Waals surface area contributed by atoms with Crippen molar-refractivity contribution in [1.82, 2.24) is 0 Å². The molecule has 0 fully saturated rings. The van der Waals surface area contributed by atoms with E-state index in [9.17, 15) is 4.79 Å². The summed E-state index contributed by atoms with van der Waals surface area (Å²) in [4.78, 5) is 10.4. The fraction of sp³-hybridized carbons (Fsp3) is 0. The Morgan fingerprint density at radius 3 is 2.50 bits per heavy atom. The van der Waals surface area contributed by atoms with E-state index < -0.39 is 5.97 Å². The molecule has 1 aromatic rings. The second-order valence-corrected chi connectivity index (χ2v) is 2.95. The number of nitrogen functional groups attached to an aromatic ring is 1. The van der Waals surface area contributed by atoms with Crippen molar-refractivity contribution in [3.63, 3.8) is 0 Å². The molecule has 66 valence electrons. The number of anilines is 1. The molecule has 1 aromatic carbocycles. The molecule has 0 heterocycles. The van der Waals surface area contributed by atoms with Crippen molar-refractivity contribution >= 4 is 27.6 Å². The summed E-state index contributed by atoms with van der Waals surface area (Å²) in [6.07, 6.45) is 0. The van der Waals surface area contributed by atoms with Crippen molar-refractivity contribution in [2.75, 3.05) is 5.73 Å². The number of rotatable bonds is 1. The molecule has 1 rings (SSSR count). The van der Waals surface area contributed by atoms with Gasteiger partial charge in [-0.1, -0.05) is 15.9 Å². The minimum atomic E-state index is -1.00. The molecule has 0 amide bonds. The van der Waals surface area contributed by atoms with Crippen LogP contribution < -0.4 is 5.73 Å². The zero-order chi connectivity index (χ0) is 8.43. The molecule has 0 aliphatic carbocycles. The summed E-state index contributed by atoms with van der Waals surface area (Å²) in [5.41, 5.74) is 5.81. The minimum Gasteiger partial charge on any atom is -0.478 e. The first-order chi connectivity index (χ1) is 5.11. The Kier molecular flexibility index (Phi) is 4.31. The van der Waals surface area contributed by atoms with Crippen LogP contribution in [0.1, 0.15) is 10.4 Å². The molecule has 0 aliphatic heterocycles. The molecule has 0 radical (unpaired) electrons. The van der Waals surface area contributed by atoms with Crippen LogP contribution >= 0.6 is 15.9 Å². The Morgan fingerprint density at radius 2 is 2.08 bits per heavy atom. The molecule has 12 heavy (non-hydrogen) atoms. The van der Waals surface area contributed by atoms with Crippen LogP contribution in [0.3, 0.4) is 0 Å². The Hall–Kier alpha value is -0.511. The largest absolute Gasteiger partial charge is 0.478 e. The molecule has 3 nitrogen and oxygen atoms in total. The molecule has 0 aromatic heterocycles. The third-order valence-corrected chi connectivity index (χ3v) is 1.74. The average Bonchev–Trinajstić information content (AvgIpc) is 1.85. The molecular weight excluding hydrogens is 266 g/mol. The zero-order valence-corrected chi connectivity index (χ0v) is 8.59. The van der Waals surface area contributed by atoms with Crippen molar-refractivity contribution in [2.24, 2.45) is 0 Å². The summed E-state index contributed by atoms with van der Waals surface area (Å²) in [5, 5.41) is 8.56. The van der Waals surface area contributed by atoms with Gasteiger partial charge in [0, 0.05) is 27.2 Å². The van der Waals surface area contributed by atoms with Crippen LogP contribution in [0.15, 0.2) is 22.7 Å². The number of halogens is 1. The van der Waals surface area contributed by atoms with E-state index in [0.29, 0.717) is 0 Å². The van der Waals surface area contributed by atoms with Gasteiger partial charge in [-0.25, -0.2) is 4.79 Å². The smallest absolute Gasteiger partial charge is 0.337 e. The topological polar surface area (TPSA) is 63.3 Å². The van der Waals surface area contributed by atoms with Crippen molar-refractivity contribution in [1.29, 1.82) is 0 Å². The summed E-state index contributed by atoms with van der Waals surface area (Å²) >= 11 is 3.17. The maximum Gasteiger partial charge on any atom is 0.337 e. The SMILES string of the molecule is Nc1cc(Br)ccc1C(=O)O.[Fe]. The number of aromatic carboxylic acids is 1. The zero-order valence-electron chi connectivity index (χ0n) is 5.90. The Labute approximate surface area is 88.6 Å². The van der Waals surface area contributed by atoms with Gasteiger partial charge in [-0.2, -0.15) is 0 Å². The number of benzene rings is 1. The molecule has 5 heteroatoms. The van der Waals surface area contributed by atoms with Gasteiger partial charge in [-0.3, -0.25) is 0 Å². The molecule has 3 N–H and O–H groups in total. The summed E-state index contributed by atoms with van der Waals surface area (Å²) < 4.78 is 0.778. The quantitative estimate of drug-likeness (QED) is 0.604. The summed E-state index contributed by atoms with van der Waals surface area (Å²) in [7, 11) is 0. The van der Waals surface area contributed by atoms with Gasteiger partial charge in [0.15, 0.2) is 0 Å². The predicted molar refractivity (Wildman–Crippen MR) is 45.5 cm³/mol. The van der Waals surface area contributed by atoms with Crippen LogP contribution in [0.5, 0.6) is 0 Å². The normalized spacial score (nSPS) is 8.75. The van der Waals surface area contributed by atoms with Crippen LogP contribution in [0, 0.1) is 0 Å². The minimum absolute atomic E-state index is 0. The first-order valence-corrected chi connectivity index (χ1v) is 3.69. The fourth-order valence-corrected chi connectivity index (χ4v) is 1.11. The second-order valence-electron chi connectivity index (χ2n) is 2.04. The van der Waals surface area contributed by atoms with E-state index in [1.54, 1.807) is 12.1 Å². The van der Waals surface area contributed by atoms with Gasteiger partial charge in [-0.05, 0) is 18.2 Å². The molecule has 0 atom stereocenters. The van der Waals surface area contributed by atoms with Crippen LogP contribution in [0.25, 0.3) is 0 Å². The van der Waals surface area contributed by atoms with Crippen molar-refractivity contribution in [2.45, 2.75) is 0 Å². The van der Waals surface area contributed by atoms with Gasteiger partial charge in [-0.15, -0.1) is 0 Å². The van der Waals surface area contributed by atoms with E-state index in [0.717, 1.165) is 4.47 Å². The molecular formula is C7H6BrFeNO2. The van der Waals surface area contributed by atoms with E-state index in [-0.39, 0.29) is 28.3 Å². The Balaban J connectivity index is 0.00000121. The third kappa shape index (κ3) is 2.52. The van der Waals surface area contributed by atoms with Gasteiger partial charge in [0.1, 0.15) is 0 Å². The van der Waals surface area contributed by atoms with E-state index in [1.165, 1.54) is 6.07 Å². The maximum absolute atomic E-state index is 10.4. The maximum atomic E-state index is 10.4. The Morgan fingerprint density at radius 1 is 1.50 bits per heavy atom. The van der Waals surface area contributed by atoms with Gasteiger partial charge in [0.05, 0.1) is 5.56 Å². The van der Waals surface area contributed by atoms with Crippen molar-refractivity contribution in [3.8, 4) is 0 Å². The van der Waals surface area contributed by atoms with Gasteiger partial charge < -0.3 is 10.8 Å². The fourth-order valence-electron chi connectivity index (χ4n) is 0.728.